The Kier molecular flexibility index (Phi) is 1.40. The fourth-order valence-corrected chi connectivity index (χ4v) is 1.06. The Morgan fingerprint density at radius 3 is 2.92 bits per heavy atom. The highest BCUT2D eigenvalue weighted by Gasteiger charge is 1.99. The Morgan fingerprint density at radius 1 is 1.25 bits per heavy atom. The fourth-order valence-electron chi connectivity index (χ4n) is 1.06. The van der Waals surface area contributed by atoms with Gasteiger partial charge in [-0.2, -0.15) is 0 Å². The summed E-state index contributed by atoms with van der Waals surface area (Å²) < 4.78 is 0. The van der Waals surface area contributed by atoms with Crippen molar-refractivity contribution in [1.29, 1.82) is 0 Å². The van der Waals surface area contributed by atoms with Crippen LogP contribution in [-0.2, 0) is 0 Å². The third-order valence-electron chi connectivity index (χ3n) is 1.67. The number of nitrogens with zero attached hydrogens (tertiary/aromatic N) is 3. The van der Waals surface area contributed by atoms with Crippen molar-refractivity contribution in [3.63, 3.8) is 0 Å². The van der Waals surface area contributed by atoms with Gasteiger partial charge >= 0.3 is 0 Å². The minimum absolute atomic E-state index is 0.479. The Bertz CT molecular complexity index is 424. The van der Waals surface area contributed by atoms with E-state index in [1.165, 1.54) is 6.33 Å². The van der Waals surface area contributed by atoms with Crippen LogP contribution in [0.5, 0.6) is 0 Å². The molecule has 60 valence electrons. The van der Waals surface area contributed by atoms with Crippen molar-refractivity contribution in [2.45, 2.75) is 6.92 Å². The van der Waals surface area contributed by atoms with Crippen LogP contribution >= 0.6 is 0 Å². The molecule has 0 saturated carbocycles. The van der Waals surface area contributed by atoms with Crippen LogP contribution in [0.2, 0.25) is 0 Å². The Labute approximate surface area is 69.5 Å². The molecule has 2 rings (SSSR count). The van der Waals surface area contributed by atoms with Crippen LogP contribution in [-0.4, -0.2) is 15.0 Å². The predicted molar refractivity (Wildman–Crippen MR) is 46.5 cm³/mol. The Hall–Kier alpha value is -1.71. The maximum Gasteiger partial charge on any atom is 0.164 e. The Morgan fingerprint density at radius 2 is 2.08 bits per heavy atom. The first-order valence-electron chi connectivity index (χ1n) is 3.61. The summed E-state index contributed by atoms with van der Waals surface area (Å²) in [5.74, 6) is 0.479. The van der Waals surface area contributed by atoms with Gasteiger partial charge in [-0.1, -0.05) is 0 Å². The van der Waals surface area contributed by atoms with Crippen molar-refractivity contribution >= 4 is 16.9 Å². The lowest BCUT2D eigenvalue weighted by Crippen LogP contribution is -1.95. The van der Waals surface area contributed by atoms with Gasteiger partial charge in [0.15, 0.2) is 5.65 Å². The molecule has 0 amide bonds. The number of anilines is 1. The minimum Gasteiger partial charge on any atom is -0.383 e. The monoisotopic (exact) mass is 160 g/mol. The average molecular weight is 160 g/mol. The van der Waals surface area contributed by atoms with E-state index in [9.17, 15) is 0 Å². The summed E-state index contributed by atoms with van der Waals surface area (Å²) in [6, 6.07) is 3.77. The van der Waals surface area contributed by atoms with Gasteiger partial charge in [0.25, 0.3) is 0 Å². The van der Waals surface area contributed by atoms with Crippen molar-refractivity contribution < 1.29 is 0 Å². The molecule has 4 heteroatoms. The maximum atomic E-state index is 5.62. The third-order valence-corrected chi connectivity index (χ3v) is 1.67. The van der Waals surface area contributed by atoms with Gasteiger partial charge in [0, 0.05) is 5.69 Å². The highest BCUT2D eigenvalue weighted by molar-refractivity contribution is 5.84. The van der Waals surface area contributed by atoms with Gasteiger partial charge in [-0.05, 0) is 19.1 Å². The van der Waals surface area contributed by atoms with Crippen molar-refractivity contribution in [3.8, 4) is 0 Å². The SMILES string of the molecule is Cc1ccc2c(N)ncnc2n1. The van der Waals surface area contributed by atoms with E-state index in [-0.39, 0.29) is 0 Å². The lowest BCUT2D eigenvalue weighted by Gasteiger charge is -1.98. The summed E-state index contributed by atoms with van der Waals surface area (Å²) in [6.07, 6.45) is 1.42. The van der Waals surface area contributed by atoms with Gasteiger partial charge in [0.05, 0.1) is 5.39 Å². The molecule has 0 unspecified atom stereocenters. The summed E-state index contributed by atoms with van der Waals surface area (Å²) in [4.78, 5) is 12.1. The molecule has 4 nitrogen and oxygen atoms in total. The first kappa shape index (κ1) is 6.97. The van der Waals surface area contributed by atoms with E-state index >= 15 is 0 Å². The summed E-state index contributed by atoms with van der Waals surface area (Å²) >= 11 is 0. The van der Waals surface area contributed by atoms with Crippen LogP contribution in [0.25, 0.3) is 11.0 Å². The topological polar surface area (TPSA) is 64.7 Å². The molecule has 0 bridgehead atoms. The van der Waals surface area contributed by atoms with Crippen molar-refractivity contribution in [2.75, 3.05) is 5.73 Å². The zero-order valence-electron chi connectivity index (χ0n) is 6.65. The number of nitrogen functional groups attached to an aromatic ring is 1. The van der Waals surface area contributed by atoms with E-state index in [2.05, 4.69) is 15.0 Å². The maximum absolute atomic E-state index is 5.62. The standard InChI is InChI=1S/C8H8N4/c1-5-2-3-6-7(9)10-4-11-8(6)12-5/h2-4H,1H3,(H2,9,10,11,12). The second-order valence-electron chi connectivity index (χ2n) is 2.58. The first-order chi connectivity index (χ1) is 5.77. The third kappa shape index (κ3) is 0.972. The largest absolute Gasteiger partial charge is 0.383 e. The number of nitrogens with two attached hydrogens (primary N) is 1. The van der Waals surface area contributed by atoms with E-state index in [0.29, 0.717) is 11.5 Å². The highest BCUT2D eigenvalue weighted by atomic mass is 15.0. The molecule has 0 aromatic carbocycles. The second kappa shape index (κ2) is 2.41. The van der Waals surface area contributed by atoms with Crippen LogP contribution in [0.15, 0.2) is 18.5 Å². The van der Waals surface area contributed by atoms with Crippen molar-refractivity contribution in [2.24, 2.45) is 0 Å². The molecular formula is C8H8N4. The molecule has 12 heavy (non-hydrogen) atoms. The van der Waals surface area contributed by atoms with Crippen LogP contribution < -0.4 is 5.73 Å². The quantitative estimate of drug-likeness (QED) is 0.622. The molecule has 2 heterocycles. The molecule has 0 atom stereocenters. The number of rotatable bonds is 0. The van der Waals surface area contributed by atoms with E-state index in [1.54, 1.807) is 0 Å². The van der Waals surface area contributed by atoms with Gasteiger partial charge in [-0.25, -0.2) is 15.0 Å². The molecule has 0 radical (unpaired) electrons. The molecular weight excluding hydrogens is 152 g/mol. The summed E-state index contributed by atoms with van der Waals surface area (Å²) in [5.41, 5.74) is 7.20. The van der Waals surface area contributed by atoms with E-state index in [4.69, 9.17) is 5.73 Å². The van der Waals surface area contributed by atoms with E-state index in [1.807, 2.05) is 19.1 Å². The first-order valence-corrected chi connectivity index (χ1v) is 3.61. The van der Waals surface area contributed by atoms with E-state index in [0.717, 1.165) is 11.1 Å². The predicted octanol–water partition coefficient (Wildman–Crippen LogP) is 0.915. The van der Waals surface area contributed by atoms with Crippen LogP contribution in [0, 0.1) is 6.92 Å². The van der Waals surface area contributed by atoms with Crippen molar-refractivity contribution in [1.82, 2.24) is 15.0 Å². The van der Waals surface area contributed by atoms with Gasteiger partial charge in [0.1, 0.15) is 12.1 Å². The number of hydrogen-bond acceptors (Lipinski definition) is 4. The van der Waals surface area contributed by atoms with Gasteiger partial charge in [-0.15, -0.1) is 0 Å². The highest BCUT2D eigenvalue weighted by Crippen LogP contribution is 2.13. The molecule has 2 N–H and O–H groups in total. The summed E-state index contributed by atoms with van der Waals surface area (Å²) in [6.45, 7) is 1.91. The zero-order valence-corrected chi connectivity index (χ0v) is 6.65. The summed E-state index contributed by atoms with van der Waals surface area (Å²) in [5, 5.41) is 0.808. The molecule has 0 aliphatic heterocycles. The fraction of sp³-hybridized carbons (Fsp3) is 0.125. The van der Waals surface area contributed by atoms with Gasteiger partial charge in [0.2, 0.25) is 0 Å². The molecule has 0 aliphatic rings. The molecule has 0 spiro atoms. The molecule has 0 aliphatic carbocycles. The number of pyridine rings is 1. The van der Waals surface area contributed by atoms with Crippen LogP contribution in [0.3, 0.4) is 0 Å². The molecule has 2 aromatic heterocycles. The average Bonchev–Trinajstić information content (AvgIpc) is 2.04. The number of hydrogen-bond donors (Lipinski definition) is 1. The van der Waals surface area contributed by atoms with Crippen LogP contribution in [0.4, 0.5) is 5.82 Å². The Balaban J connectivity index is 2.86. The van der Waals surface area contributed by atoms with Crippen molar-refractivity contribution in [3.05, 3.63) is 24.2 Å². The number of fused-ring (bicyclic) bond motifs is 1. The molecule has 0 fully saturated rings. The van der Waals surface area contributed by atoms with Crippen LogP contribution in [0.1, 0.15) is 5.69 Å². The second-order valence-corrected chi connectivity index (χ2v) is 2.58. The smallest absolute Gasteiger partial charge is 0.164 e. The molecule has 2 aromatic rings. The minimum atomic E-state index is 0.479. The summed E-state index contributed by atoms with van der Waals surface area (Å²) in [7, 11) is 0. The number of aromatic nitrogens is 3. The zero-order chi connectivity index (χ0) is 8.55. The molecule has 0 saturated heterocycles. The number of aryl methyl sites for hydroxylation is 1. The normalized spacial score (nSPS) is 10.4. The lowest BCUT2D eigenvalue weighted by molar-refractivity contribution is 1.15. The lowest BCUT2D eigenvalue weighted by atomic mass is 10.3. The van der Waals surface area contributed by atoms with Gasteiger partial charge in [-0.3, -0.25) is 0 Å². The van der Waals surface area contributed by atoms with Gasteiger partial charge < -0.3 is 5.73 Å². The van der Waals surface area contributed by atoms with E-state index < -0.39 is 0 Å².